The number of aliphatic hydroxyl groups excluding tert-OH is 1. The summed E-state index contributed by atoms with van der Waals surface area (Å²) in [4.78, 5) is 23.9. The quantitative estimate of drug-likeness (QED) is 0.667. The van der Waals surface area contributed by atoms with Crippen LogP contribution in [0.3, 0.4) is 0 Å². The highest BCUT2D eigenvalue weighted by atomic mass is 35.5. The van der Waals surface area contributed by atoms with E-state index in [1.807, 2.05) is 0 Å². The molecule has 0 aromatic heterocycles. The lowest BCUT2D eigenvalue weighted by Gasteiger charge is -2.28. The number of hydrogen-bond donors (Lipinski definition) is 3. The molecule has 2 amide bonds. The molecule has 5 nitrogen and oxygen atoms in total. The maximum absolute atomic E-state index is 12.0. The lowest BCUT2D eigenvalue weighted by Crippen LogP contribution is -2.49. The Balaban J connectivity index is 1.67. The molecule has 2 rings (SSSR count). The smallest absolute Gasteiger partial charge is 0.251 e. The van der Waals surface area contributed by atoms with Gasteiger partial charge in [0.05, 0.1) is 12.1 Å². The SMILES string of the molecule is O=C(CCCNC(=O)c1ccc(Cl)cc1)NC1(CO)CCCC1. The van der Waals surface area contributed by atoms with Crippen LogP contribution in [0.1, 0.15) is 48.9 Å². The van der Waals surface area contributed by atoms with Crippen LogP contribution in [0.15, 0.2) is 24.3 Å². The van der Waals surface area contributed by atoms with Crippen molar-refractivity contribution in [3.8, 4) is 0 Å². The van der Waals surface area contributed by atoms with Gasteiger partial charge in [-0.15, -0.1) is 0 Å². The van der Waals surface area contributed by atoms with E-state index in [1.54, 1.807) is 24.3 Å². The summed E-state index contributed by atoms with van der Waals surface area (Å²) in [7, 11) is 0. The van der Waals surface area contributed by atoms with Crippen LogP contribution in [0.5, 0.6) is 0 Å². The molecular weight excluding hydrogens is 316 g/mol. The molecule has 0 atom stereocenters. The van der Waals surface area contributed by atoms with Gasteiger partial charge in [-0.05, 0) is 43.5 Å². The molecule has 0 unspecified atom stereocenters. The van der Waals surface area contributed by atoms with Crippen LogP contribution in [0.25, 0.3) is 0 Å². The molecule has 1 aromatic carbocycles. The van der Waals surface area contributed by atoms with Gasteiger partial charge in [-0.25, -0.2) is 0 Å². The Hall–Kier alpha value is -1.59. The number of benzene rings is 1. The standard InChI is InChI=1S/C17H23ClN2O3/c18-14-7-5-13(6-8-14)16(23)19-11-3-4-15(22)20-17(12-21)9-1-2-10-17/h5-8,21H,1-4,9-12H2,(H,19,23)(H,20,22). The number of carbonyl (C=O) groups excluding carboxylic acids is 2. The number of carbonyl (C=O) groups is 2. The van der Waals surface area contributed by atoms with E-state index < -0.39 is 5.54 Å². The van der Waals surface area contributed by atoms with Gasteiger partial charge in [0.25, 0.3) is 5.91 Å². The molecule has 1 aromatic rings. The van der Waals surface area contributed by atoms with Crippen LogP contribution >= 0.6 is 11.6 Å². The fourth-order valence-corrected chi connectivity index (χ4v) is 3.01. The van der Waals surface area contributed by atoms with E-state index in [9.17, 15) is 14.7 Å². The van der Waals surface area contributed by atoms with Gasteiger partial charge in [0.15, 0.2) is 0 Å². The van der Waals surface area contributed by atoms with Gasteiger partial charge in [-0.1, -0.05) is 24.4 Å². The first-order valence-electron chi connectivity index (χ1n) is 8.00. The second kappa shape index (κ2) is 8.31. The van der Waals surface area contributed by atoms with Crippen LogP contribution in [0.4, 0.5) is 0 Å². The third-order valence-corrected chi connectivity index (χ3v) is 4.49. The highest BCUT2D eigenvalue weighted by Crippen LogP contribution is 2.29. The minimum Gasteiger partial charge on any atom is -0.394 e. The first kappa shape index (κ1) is 17.8. The molecule has 0 heterocycles. The van der Waals surface area contributed by atoms with E-state index in [-0.39, 0.29) is 18.4 Å². The first-order valence-corrected chi connectivity index (χ1v) is 8.38. The molecule has 0 radical (unpaired) electrons. The van der Waals surface area contributed by atoms with Crippen LogP contribution < -0.4 is 10.6 Å². The van der Waals surface area contributed by atoms with Gasteiger partial charge in [0, 0.05) is 23.6 Å². The van der Waals surface area contributed by atoms with Crippen LogP contribution in [0.2, 0.25) is 5.02 Å². The number of halogens is 1. The highest BCUT2D eigenvalue weighted by Gasteiger charge is 2.34. The largest absolute Gasteiger partial charge is 0.394 e. The lowest BCUT2D eigenvalue weighted by molar-refractivity contribution is -0.123. The van der Waals surface area contributed by atoms with E-state index in [1.165, 1.54) is 0 Å². The summed E-state index contributed by atoms with van der Waals surface area (Å²) in [5.41, 5.74) is 0.118. The molecule has 1 saturated carbocycles. The van der Waals surface area contributed by atoms with E-state index in [0.717, 1.165) is 25.7 Å². The van der Waals surface area contributed by atoms with E-state index in [2.05, 4.69) is 10.6 Å². The summed E-state index contributed by atoms with van der Waals surface area (Å²) in [5.74, 6) is -0.244. The van der Waals surface area contributed by atoms with Gasteiger partial charge in [0.2, 0.25) is 5.91 Å². The number of hydrogen-bond acceptors (Lipinski definition) is 3. The van der Waals surface area contributed by atoms with E-state index in [0.29, 0.717) is 30.0 Å². The van der Waals surface area contributed by atoms with Crippen molar-refractivity contribution in [3.63, 3.8) is 0 Å². The van der Waals surface area contributed by atoms with Crippen molar-refractivity contribution in [2.45, 2.75) is 44.1 Å². The summed E-state index contributed by atoms with van der Waals surface area (Å²) >= 11 is 5.78. The molecule has 0 aliphatic heterocycles. The minimum absolute atomic E-state index is 0.00789. The van der Waals surface area contributed by atoms with Crippen molar-refractivity contribution in [1.29, 1.82) is 0 Å². The normalized spacial score (nSPS) is 16.1. The lowest BCUT2D eigenvalue weighted by atomic mass is 9.98. The molecule has 0 saturated heterocycles. The van der Waals surface area contributed by atoms with Gasteiger partial charge in [-0.3, -0.25) is 9.59 Å². The molecular formula is C17H23ClN2O3. The van der Waals surface area contributed by atoms with Crippen LogP contribution in [-0.4, -0.2) is 35.6 Å². The zero-order chi connectivity index (χ0) is 16.7. The van der Waals surface area contributed by atoms with Crippen molar-refractivity contribution in [2.75, 3.05) is 13.2 Å². The average Bonchev–Trinajstić information content (AvgIpc) is 3.01. The summed E-state index contributed by atoms with van der Waals surface area (Å²) in [6, 6.07) is 6.66. The Morgan fingerprint density at radius 3 is 2.43 bits per heavy atom. The summed E-state index contributed by atoms with van der Waals surface area (Å²) in [6.07, 6.45) is 4.65. The van der Waals surface area contributed by atoms with Gasteiger partial charge >= 0.3 is 0 Å². The zero-order valence-corrected chi connectivity index (χ0v) is 13.9. The Morgan fingerprint density at radius 2 is 1.83 bits per heavy atom. The minimum atomic E-state index is -0.427. The Kier molecular flexibility index (Phi) is 6.42. The molecule has 0 spiro atoms. The molecule has 6 heteroatoms. The number of rotatable bonds is 7. The second-order valence-electron chi connectivity index (χ2n) is 6.06. The first-order chi connectivity index (χ1) is 11.0. The predicted octanol–water partition coefficient (Wildman–Crippen LogP) is 2.27. The van der Waals surface area contributed by atoms with Crippen LogP contribution in [-0.2, 0) is 4.79 Å². The highest BCUT2D eigenvalue weighted by molar-refractivity contribution is 6.30. The van der Waals surface area contributed by atoms with Crippen LogP contribution in [0, 0.1) is 0 Å². The molecule has 3 N–H and O–H groups in total. The molecule has 1 fully saturated rings. The molecule has 0 bridgehead atoms. The maximum Gasteiger partial charge on any atom is 0.251 e. The number of aliphatic hydroxyl groups is 1. The van der Waals surface area contributed by atoms with E-state index >= 15 is 0 Å². The van der Waals surface area contributed by atoms with E-state index in [4.69, 9.17) is 11.6 Å². The van der Waals surface area contributed by atoms with Crippen molar-refractivity contribution >= 4 is 23.4 Å². The van der Waals surface area contributed by atoms with Crippen molar-refractivity contribution in [1.82, 2.24) is 10.6 Å². The van der Waals surface area contributed by atoms with Gasteiger partial charge in [-0.2, -0.15) is 0 Å². The Bertz CT molecular complexity index is 539. The number of amides is 2. The maximum atomic E-state index is 12.0. The Morgan fingerprint density at radius 1 is 1.17 bits per heavy atom. The molecule has 23 heavy (non-hydrogen) atoms. The molecule has 1 aliphatic rings. The van der Waals surface area contributed by atoms with Crippen molar-refractivity contribution < 1.29 is 14.7 Å². The number of nitrogens with one attached hydrogen (secondary N) is 2. The fourth-order valence-electron chi connectivity index (χ4n) is 2.89. The summed E-state index contributed by atoms with van der Waals surface area (Å²) in [5, 5.41) is 15.8. The summed E-state index contributed by atoms with van der Waals surface area (Å²) in [6.45, 7) is 0.424. The van der Waals surface area contributed by atoms with Crippen molar-refractivity contribution in [2.24, 2.45) is 0 Å². The third kappa shape index (κ3) is 5.22. The van der Waals surface area contributed by atoms with Crippen molar-refractivity contribution in [3.05, 3.63) is 34.9 Å². The molecule has 126 valence electrons. The zero-order valence-electron chi connectivity index (χ0n) is 13.1. The predicted molar refractivity (Wildman–Crippen MR) is 89.4 cm³/mol. The topological polar surface area (TPSA) is 78.4 Å². The fraction of sp³-hybridized carbons (Fsp3) is 0.529. The summed E-state index contributed by atoms with van der Waals surface area (Å²) < 4.78 is 0. The van der Waals surface area contributed by atoms with Gasteiger partial charge < -0.3 is 15.7 Å². The second-order valence-corrected chi connectivity index (χ2v) is 6.50. The van der Waals surface area contributed by atoms with Gasteiger partial charge in [0.1, 0.15) is 0 Å². The Labute approximate surface area is 141 Å². The average molecular weight is 339 g/mol. The monoisotopic (exact) mass is 338 g/mol. The third-order valence-electron chi connectivity index (χ3n) is 4.24. The molecule has 1 aliphatic carbocycles.